The van der Waals surface area contributed by atoms with Gasteiger partial charge in [0.25, 0.3) is 0 Å². The number of hydrogen-bond donors (Lipinski definition) is 1. The second-order valence-corrected chi connectivity index (χ2v) is 5.53. The van der Waals surface area contributed by atoms with Crippen molar-refractivity contribution in [2.24, 2.45) is 0 Å². The predicted octanol–water partition coefficient (Wildman–Crippen LogP) is 2.63. The summed E-state index contributed by atoms with van der Waals surface area (Å²) in [4.78, 5) is 0.679. The molecule has 0 saturated heterocycles. The number of aliphatic hydroxyl groups excluding tert-OH is 1. The summed E-state index contributed by atoms with van der Waals surface area (Å²) in [5, 5.41) is 17.8. The lowest BCUT2D eigenvalue weighted by Gasteiger charge is -2.05. The molecule has 16 heavy (non-hydrogen) atoms. The van der Waals surface area contributed by atoms with Crippen molar-refractivity contribution in [3.8, 4) is 0 Å². The van der Waals surface area contributed by atoms with Crippen LogP contribution in [-0.4, -0.2) is 15.3 Å². The Balaban J connectivity index is 2.30. The average Bonchev–Trinajstić information content (AvgIpc) is 2.64. The molecule has 1 heterocycles. The highest BCUT2D eigenvalue weighted by molar-refractivity contribution is 8.01. The van der Waals surface area contributed by atoms with E-state index in [4.69, 9.17) is 5.11 Å². The lowest BCUT2D eigenvalue weighted by Crippen LogP contribution is -1.92. The summed E-state index contributed by atoms with van der Waals surface area (Å²) >= 11 is 2.76. The molecule has 0 aliphatic carbocycles. The lowest BCUT2D eigenvalue weighted by molar-refractivity contribution is 0.272. The van der Waals surface area contributed by atoms with Gasteiger partial charge in [0.05, 0.1) is 6.61 Å². The van der Waals surface area contributed by atoms with Crippen molar-refractivity contribution in [3.05, 3.63) is 34.6 Å². The smallest absolute Gasteiger partial charge is 0.179 e. The molecule has 0 spiro atoms. The zero-order chi connectivity index (χ0) is 11.5. The SMILES string of the molecule is Cc1nnc(Sc2cccc(F)c2CO)s1. The Bertz CT molecular complexity index is 501. The van der Waals surface area contributed by atoms with Gasteiger partial charge in [-0.05, 0) is 19.1 Å². The normalized spacial score (nSPS) is 10.7. The predicted molar refractivity (Wildman–Crippen MR) is 61.1 cm³/mol. The first-order valence-corrected chi connectivity index (χ1v) is 6.20. The summed E-state index contributed by atoms with van der Waals surface area (Å²) in [7, 11) is 0. The summed E-state index contributed by atoms with van der Waals surface area (Å²) in [6.07, 6.45) is 0. The number of aromatic nitrogens is 2. The molecule has 1 aromatic heterocycles. The largest absolute Gasteiger partial charge is 0.392 e. The van der Waals surface area contributed by atoms with E-state index in [0.717, 1.165) is 9.35 Å². The maximum atomic E-state index is 13.4. The molecule has 6 heteroatoms. The van der Waals surface area contributed by atoms with E-state index in [-0.39, 0.29) is 6.61 Å². The molecule has 0 fully saturated rings. The van der Waals surface area contributed by atoms with Gasteiger partial charge in [-0.25, -0.2) is 4.39 Å². The zero-order valence-electron chi connectivity index (χ0n) is 8.48. The topological polar surface area (TPSA) is 46.0 Å². The minimum atomic E-state index is -0.395. The van der Waals surface area contributed by atoms with Crippen molar-refractivity contribution in [1.82, 2.24) is 10.2 Å². The van der Waals surface area contributed by atoms with Gasteiger partial charge in [-0.1, -0.05) is 29.2 Å². The number of aryl methyl sites for hydroxylation is 1. The van der Waals surface area contributed by atoms with Crippen molar-refractivity contribution >= 4 is 23.1 Å². The first-order valence-electron chi connectivity index (χ1n) is 4.57. The third-order valence-corrected chi connectivity index (χ3v) is 3.93. The van der Waals surface area contributed by atoms with Gasteiger partial charge in [-0.15, -0.1) is 10.2 Å². The molecule has 0 unspecified atom stereocenters. The summed E-state index contributed by atoms with van der Waals surface area (Å²) in [6, 6.07) is 4.71. The Kier molecular flexibility index (Phi) is 3.52. The van der Waals surface area contributed by atoms with Crippen LogP contribution in [0.2, 0.25) is 0 Å². The molecule has 1 aromatic carbocycles. The second-order valence-electron chi connectivity index (χ2n) is 3.06. The molecule has 3 nitrogen and oxygen atoms in total. The Labute approximate surface area is 100 Å². The second kappa shape index (κ2) is 4.90. The van der Waals surface area contributed by atoms with E-state index in [9.17, 15) is 4.39 Å². The van der Waals surface area contributed by atoms with Gasteiger partial charge < -0.3 is 5.11 Å². The number of rotatable bonds is 3. The fourth-order valence-corrected chi connectivity index (χ4v) is 3.12. The Morgan fingerprint density at radius 2 is 2.25 bits per heavy atom. The van der Waals surface area contributed by atoms with E-state index < -0.39 is 5.82 Å². The maximum Gasteiger partial charge on any atom is 0.179 e. The van der Waals surface area contributed by atoms with Crippen LogP contribution in [0.1, 0.15) is 10.6 Å². The van der Waals surface area contributed by atoms with E-state index in [1.165, 1.54) is 29.2 Å². The molecule has 0 amide bonds. The van der Waals surface area contributed by atoms with Gasteiger partial charge in [-0.2, -0.15) is 0 Å². The fraction of sp³-hybridized carbons (Fsp3) is 0.200. The third-order valence-electron chi connectivity index (χ3n) is 1.94. The Morgan fingerprint density at radius 3 is 2.88 bits per heavy atom. The van der Waals surface area contributed by atoms with Gasteiger partial charge in [-0.3, -0.25) is 0 Å². The molecular formula is C10H9FN2OS2. The molecule has 0 radical (unpaired) electrons. The van der Waals surface area contributed by atoms with Gasteiger partial charge >= 0.3 is 0 Å². The maximum absolute atomic E-state index is 13.4. The standard InChI is InChI=1S/C10H9FN2OS2/c1-6-12-13-10(15-6)16-9-4-2-3-8(11)7(9)5-14/h2-4,14H,5H2,1H3. The molecule has 1 N–H and O–H groups in total. The summed E-state index contributed by atoms with van der Waals surface area (Å²) < 4.78 is 14.1. The van der Waals surface area contributed by atoms with Crippen LogP contribution in [0, 0.1) is 12.7 Å². The van der Waals surface area contributed by atoms with E-state index in [2.05, 4.69) is 10.2 Å². The number of nitrogens with zero attached hydrogens (tertiary/aromatic N) is 2. The summed E-state index contributed by atoms with van der Waals surface area (Å²) in [6.45, 7) is 1.55. The van der Waals surface area contributed by atoms with Crippen molar-refractivity contribution < 1.29 is 9.50 Å². The number of benzene rings is 1. The first-order chi connectivity index (χ1) is 7.70. The Morgan fingerprint density at radius 1 is 1.44 bits per heavy atom. The van der Waals surface area contributed by atoms with Gasteiger partial charge in [0, 0.05) is 10.5 Å². The van der Waals surface area contributed by atoms with Gasteiger partial charge in [0.2, 0.25) is 0 Å². The quantitative estimate of drug-likeness (QED) is 0.917. The first kappa shape index (κ1) is 11.5. The van der Waals surface area contributed by atoms with Gasteiger partial charge in [0.15, 0.2) is 4.34 Å². The van der Waals surface area contributed by atoms with Crippen LogP contribution in [0.3, 0.4) is 0 Å². The highest BCUT2D eigenvalue weighted by atomic mass is 32.2. The fourth-order valence-electron chi connectivity index (χ4n) is 1.20. The Hall–Kier alpha value is -0.980. The lowest BCUT2D eigenvalue weighted by atomic mass is 10.2. The van der Waals surface area contributed by atoms with Gasteiger partial charge in [0.1, 0.15) is 10.8 Å². The van der Waals surface area contributed by atoms with Crippen molar-refractivity contribution in [2.75, 3.05) is 0 Å². The minimum Gasteiger partial charge on any atom is -0.392 e. The summed E-state index contributed by atoms with van der Waals surface area (Å²) in [5.41, 5.74) is 0.306. The number of aliphatic hydroxyl groups is 1. The molecule has 84 valence electrons. The highest BCUT2D eigenvalue weighted by Crippen LogP contribution is 2.33. The van der Waals surface area contributed by atoms with Crippen LogP contribution >= 0.6 is 23.1 Å². The number of halogens is 1. The van der Waals surface area contributed by atoms with E-state index >= 15 is 0 Å². The van der Waals surface area contributed by atoms with Crippen molar-refractivity contribution in [1.29, 1.82) is 0 Å². The molecule has 0 saturated carbocycles. The molecule has 0 bridgehead atoms. The average molecular weight is 256 g/mol. The van der Waals surface area contributed by atoms with Crippen LogP contribution in [0.5, 0.6) is 0 Å². The summed E-state index contributed by atoms with van der Waals surface area (Å²) in [5.74, 6) is -0.395. The monoisotopic (exact) mass is 256 g/mol. The highest BCUT2D eigenvalue weighted by Gasteiger charge is 2.10. The minimum absolute atomic E-state index is 0.306. The van der Waals surface area contributed by atoms with Crippen molar-refractivity contribution in [3.63, 3.8) is 0 Å². The van der Waals surface area contributed by atoms with Crippen LogP contribution in [0.4, 0.5) is 4.39 Å². The van der Waals surface area contributed by atoms with Crippen molar-refractivity contribution in [2.45, 2.75) is 22.8 Å². The molecule has 0 atom stereocenters. The molecule has 0 aliphatic heterocycles. The van der Waals surface area contributed by atoms with Crippen LogP contribution in [0.25, 0.3) is 0 Å². The van der Waals surface area contributed by atoms with Crippen LogP contribution in [-0.2, 0) is 6.61 Å². The van der Waals surface area contributed by atoms with Crippen LogP contribution < -0.4 is 0 Å². The molecule has 0 aliphatic rings. The van der Waals surface area contributed by atoms with E-state index in [0.29, 0.717) is 10.5 Å². The molecule has 2 aromatic rings. The third kappa shape index (κ3) is 2.40. The van der Waals surface area contributed by atoms with E-state index in [1.54, 1.807) is 12.1 Å². The molecular weight excluding hydrogens is 247 g/mol. The molecule has 2 rings (SSSR count). The van der Waals surface area contributed by atoms with Crippen LogP contribution in [0.15, 0.2) is 27.4 Å². The number of hydrogen-bond acceptors (Lipinski definition) is 5. The van der Waals surface area contributed by atoms with E-state index in [1.807, 2.05) is 6.92 Å². The zero-order valence-corrected chi connectivity index (χ0v) is 10.1.